The van der Waals surface area contributed by atoms with E-state index in [-0.39, 0.29) is 17.5 Å². The van der Waals surface area contributed by atoms with Crippen LogP contribution in [0.2, 0.25) is 0 Å². The maximum atomic E-state index is 12.6. The second-order valence-corrected chi connectivity index (χ2v) is 6.12. The number of hydrogen-bond acceptors (Lipinski definition) is 5. The molecule has 3 aromatic rings. The van der Waals surface area contributed by atoms with E-state index in [0.29, 0.717) is 35.4 Å². The van der Waals surface area contributed by atoms with Crippen molar-refractivity contribution in [1.29, 1.82) is 0 Å². The van der Waals surface area contributed by atoms with E-state index in [0.717, 1.165) is 0 Å². The molecule has 150 valence electrons. The number of primary amides is 1. The molecule has 10 nitrogen and oxygen atoms in total. The Bertz CT molecular complexity index is 1090. The molecule has 0 radical (unpaired) electrons. The largest absolute Gasteiger partial charge is 0.366 e. The molecule has 3 rings (SSSR count). The highest BCUT2D eigenvalue weighted by atomic mass is 16.2. The Hall–Kier alpha value is -3.95. The molecule has 0 unspecified atom stereocenters. The van der Waals surface area contributed by atoms with Crippen LogP contribution in [0.25, 0.3) is 16.8 Å². The molecule has 5 N–H and O–H groups in total. The number of carbonyl (C=O) groups excluding carboxylic acids is 3. The number of nitrogens with two attached hydrogens (primary N) is 1. The normalized spacial score (nSPS) is 10.6. The highest BCUT2D eigenvalue weighted by molar-refractivity contribution is 5.96. The number of carbonyl (C=O) groups is 3. The Balaban J connectivity index is 2.12. The zero-order valence-electron chi connectivity index (χ0n) is 16.0. The van der Waals surface area contributed by atoms with Crippen molar-refractivity contribution in [3.8, 4) is 11.1 Å². The molecule has 29 heavy (non-hydrogen) atoms. The minimum absolute atomic E-state index is 0.0598. The van der Waals surface area contributed by atoms with Gasteiger partial charge in [-0.1, -0.05) is 12.1 Å². The van der Waals surface area contributed by atoms with Gasteiger partial charge < -0.3 is 16.4 Å². The number of hydrogen-bond donors (Lipinski definition) is 4. The number of nitrogens with zero attached hydrogens (tertiary/aromatic N) is 3. The zero-order valence-corrected chi connectivity index (χ0v) is 16.0. The summed E-state index contributed by atoms with van der Waals surface area (Å²) in [4.78, 5) is 40.1. The molecule has 2 aromatic heterocycles. The maximum Gasteiger partial charge on any atom is 0.321 e. The van der Waals surface area contributed by atoms with Gasteiger partial charge in [-0.2, -0.15) is 4.98 Å². The van der Waals surface area contributed by atoms with Crippen LogP contribution in [-0.2, 0) is 0 Å². The van der Waals surface area contributed by atoms with E-state index in [1.165, 1.54) is 4.52 Å². The number of benzene rings is 1. The van der Waals surface area contributed by atoms with Crippen LogP contribution in [-0.4, -0.2) is 45.5 Å². The summed E-state index contributed by atoms with van der Waals surface area (Å²) >= 11 is 0. The SMILES string of the molecule is CCNC(=O)Nc1nc2cc(-c3cccc(C(N)=O)c3)cc(C(=O)NCC)n2n1. The molecular formula is C19H21N7O3. The van der Waals surface area contributed by atoms with E-state index < -0.39 is 11.9 Å². The predicted molar refractivity (Wildman–Crippen MR) is 108 cm³/mol. The molecule has 0 spiro atoms. The third-order valence-electron chi connectivity index (χ3n) is 4.05. The van der Waals surface area contributed by atoms with Gasteiger partial charge in [-0.3, -0.25) is 14.9 Å². The predicted octanol–water partition coefficient (Wildman–Crippen LogP) is 1.39. The van der Waals surface area contributed by atoms with Gasteiger partial charge in [-0.05, 0) is 49.2 Å². The molecule has 1 aromatic carbocycles. The van der Waals surface area contributed by atoms with Crippen molar-refractivity contribution in [3.63, 3.8) is 0 Å². The van der Waals surface area contributed by atoms with Crippen LogP contribution in [0.3, 0.4) is 0 Å². The Morgan fingerprint density at radius 1 is 1.03 bits per heavy atom. The van der Waals surface area contributed by atoms with Gasteiger partial charge >= 0.3 is 6.03 Å². The lowest BCUT2D eigenvalue weighted by Gasteiger charge is -2.09. The van der Waals surface area contributed by atoms with Gasteiger partial charge in [0.2, 0.25) is 5.91 Å². The van der Waals surface area contributed by atoms with E-state index in [9.17, 15) is 14.4 Å². The molecule has 2 heterocycles. The first kappa shape index (κ1) is 19.8. The Morgan fingerprint density at radius 3 is 2.48 bits per heavy atom. The first-order chi connectivity index (χ1) is 13.9. The van der Waals surface area contributed by atoms with Crippen LogP contribution in [0.4, 0.5) is 10.7 Å². The Morgan fingerprint density at radius 2 is 1.79 bits per heavy atom. The average molecular weight is 395 g/mol. The van der Waals surface area contributed by atoms with Crippen LogP contribution in [0.15, 0.2) is 36.4 Å². The summed E-state index contributed by atoms with van der Waals surface area (Å²) in [6.07, 6.45) is 0. The summed E-state index contributed by atoms with van der Waals surface area (Å²) in [5.74, 6) is -0.836. The molecule has 0 saturated heterocycles. The summed E-state index contributed by atoms with van der Waals surface area (Å²) in [7, 11) is 0. The number of nitrogens with one attached hydrogen (secondary N) is 3. The van der Waals surface area contributed by atoms with Gasteiger partial charge in [0, 0.05) is 18.7 Å². The molecular weight excluding hydrogens is 374 g/mol. The van der Waals surface area contributed by atoms with Crippen molar-refractivity contribution in [2.75, 3.05) is 18.4 Å². The van der Waals surface area contributed by atoms with Crippen molar-refractivity contribution < 1.29 is 14.4 Å². The summed E-state index contributed by atoms with van der Waals surface area (Å²) in [5, 5.41) is 12.1. The highest BCUT2D eigenvalue weighted by Crippen LogP contribution is 2.24. The van der Waals surface area contributed by atoms with Crippen molar-refractivity contribution in [2.24, 2.45) is 5.73 Å². The summed E-state index contributed by atoms with van der Waals surface area (Å²) in [6, 6.07) is 9.65. The lowest BCUT2D eigenvalue weighted by molar-refractivity contribution is 0.0947. The van der Waals surface area contributed by atoms with Gasteiger partial charge in [0.25, 0.3) is 11.9 Å². The van der Waals surface area contributed by atoms with Gasteiger partial charge in [-0.25, -0.2) is 9.31 Å². The molecule has 0 saturated carbocycles. The highest BCUT2D eigenvalue weighted by Gasteiger charge is 2.17. The topological polar surface area (TPSA) is 144 Å². The lowest BCUT2D eigenvalue weighted by atomic mass is 10.0. The molecule has 10 heteroatoms. The fourth-order valence-electron chi connectivity index (χ4n) is 2.77. The molecule has 0 aliphatic rings. The zero-order chi connectivity index (χ0) is 21.0. The first-order valence-corrected chi connectivity index (χ1v) is 9.07. The average Bonchev–Trinajstić information content (AvgIpc) is 3.09. The number of rotatable bonds is 6. The number of aromatic nitrogens is 3. The fraction of sp³-hybridized carbons (Fsp3) is 0.211. The molecule has 0 atom stereocenters. The second-order valence-electron chi connectivity index (χ2n) is 6.12. The molecule has 0 bridgehead atoms. The standard InChI is InChI=1S/C19H21N7O3/c1-3-21-17(28)14-9-13(11-6-5-7-12(8-11)16(20)27)10-15-23-18(25-26(14)15)24-19(29)22-4-2/h5-10H,3-4H2,1-2H3,(H2,20,27)(H,21,28)(H2,22,24,25,29). The quantitative estimate of drug-likeness (QED) is 0.499. The molecule has 0 fully saturated rings. The van der Waals surface area contributed by atoms with E-state index in [1.54, 1.807) is 50.2 Å². The van der Waals surface area contributed by atoms with Crippen LogP contribution >= 0.6 is 0 Å². The van der Waals surface area contributed by atoms with Crippen molar-refractivity contribution in [1.82, 2.24) is 25.2 Å². The maximum absolute atomic E-state index is 12.6. The second kappa shape index (κ2) is 8.38. The monoisotopic (exact) mass is 395 g/mol. The number of anilines is 1. The van der Waals surface area contributed by atoms with E-state index >= 15 is 0 Å². The van der Waals surface area contributed by atoms with Gasteiger partial charge in [-0.15, -0.1) is 5.10 Å². The summed E-state index contributed by atoms with van der Waals surface area (Å²) < 4.78 is 1.36. The van der Waals surface area contributed by atoms with Crippen molar-refractivity contribution in [3.05, 3.63) is 47.7 Å². The smallest absolute Gasteiger partial charge is 0.321 e. The minimum Gasteiger partial charge on any atom is -0.366 e. The van der Waals surface area contributed by atoms with E-state index in [1.807, 2.05) is 0 Å². The first-order valence-electron chi connectivity index (χ1n) is 9.07. The van der Waals surface area contributed by atoms with Crippen LogP contribution in [0.5, 0.6) is 0 Å². The Kier molecular flexibility index (Phi) is 5.72. The summed E-state index contributed by atoms with van der Waals surface area (Å²) in [6.45, 7) is 4.47. The minimum atomic E-state index is -0.548. The number of amides is 4. The molecule has 0 aliphatic heterocycles. The third-order valence-corrected chi connectivity index (χ3v) is 4.05. The van der Waals surface area contributed by atoms with Gasteiger partial charge in [0.1, 0.15) is 5.69 Å². The fourth-order valence-corrected chi connectivity index (χ4v) is 2.77. The van der Waals surface area contributed by atoms with Crippen LogP contribution in [0, 0.1) is 0 Å². The lowest BCUT2D eigenvalue weighted by Crippen LogP contribution is -2.28. The van der Waals surface area contributed by atoms with Crippen molar-refractivity contribution in [2.45, 2.75) is 13.8 Å². The number of fused-ring (bicyclic) bond motifs is 1. The van der Waals surface area contributed by atoms with E-state index in [2.05, 4.69) is 26.0 Å². The van der Waals surface area contributed by atoms with E-state index in [4.69, 9.17) is 5.73 Å². The number of urea groups is 1. The third kappa shape index (κ3) is 4.32. The molecule has 4 amide bonds. The number of pyridine rings is 1. The summed E-state index contributed by atoms with van der Waals surface area (Å²) in [5.41, 5.74) is 7.66. The van der Waals surface area contributed by atoms with Gasteiger partial charge in [0.05, 0.1) is 0 Å². The van der Waals surface area contributed by atoms with Gasteiger partial charge in [0.15, 0.2) is 5.65 Å². The van der Waals surface area contributed by atoms with Crippen LogP contribution in [0.1, 0.15) is 34.7 Å². The molecule has 0 aliphatic carbocycles. The van der Waals surface area contributed by atoms with Crippen molar-refractivity contribution >= 4 is 29.4 Å². The Labute approximate surface area is 166 Å². The van der Waals surface area contributed by atoms with Crippen LogP contribution < -0.4 is 21.7 Å².